The molecule has 0 aliphatic heterocycles. The van der Waals surface area contributed by atoms with Crippen molar-refractivity contribution in [1.29, 1.82) is 0 Å². The predicted molar refractivity (Wildman–Crippen MR) is 77.9 cm³/mol. The Labute approximate surface area is 118 Å². The fraction of sp³-hybridized carbons (Fsp3) is 0.941. The second kappa shape index (κ2) is 7.31. The Morgan fingerprint density at radius 2 is 1.63 bits per heavy atom. The van der Waals surface area contributed by atoms with Crippen LogP contribution in [0.15, 0.2) is 0 Å². The molecule has 0 heterocycles. The molecule has 2 rings (SSSR count). The molecule has 0 amide bonds. The standard InChI is InChI=1S/C17H30O2/c1-13(2)12-17(18)19-16-11-7-6-10-15(16)14-8-4-3-5-9-14/h13-16H,3-12H2,1-2H3/t15-,16-/m1/s1. The number of hydrogen-bond acceptors (Lipinski definition) is 2. The van der Waals surface area contributed by atoms with E-state index in [2.05, 4.69) is 13.8 Å². The largest absolute Gasteiger partial charge is 0.462 e. The molecule has 2 heteroatoms. The molecule has 0 unspecified atom stereocenters. The number of esters is 1. The highest BCUT2D eigenvalue weighted by atomic mass is 16.5. The van der Waals surface area contributed by atoms with Gasteiger partial charge in [0.05, 0.1) is 0 Å². The lowest BCUT2D eigenvalue weighted by molar-refractivity contribution is -0.156. The van der Waals surface area contributed by atoms with Crippen LogP contribution >= 0.6 is 0 Å². The van der Waals surface area contributed by atoms with Gasteiger partial charge in [0.1, 0.15) is 6.10 Å². The minimum Gasteiger partial charge on any atom is -0.462 e. The van der Waals surface area contributed by atoms with Crippen LogP contribution in [0.2, 0.25) is 0 Å². The molecule has 110 valence electrons. The maximum Gasteiger partial charge on any atom is 0.306 e. The first-order valence-electron chi connectivity index (χ1n) is 8.36. The summed E-state index contributed by atoms with van der Waals surface area (Å²) in [5.74, 6) is 1.92. The minimum absolute atomic E-state index is 0.0303. The van der Waals surface area contributed by atoms with Crippen LogP contribution in [0.1, 0.15) is 78.1 Å². The van der Waals surface area contributed by atoms with Gasteiger partial charge in [-0.25, -0.2) is 0 Å². The molecule has 0 radical (unpaired) electrons. The number of carbonyl (C=O) groups is 1. The van der Waals surface area contributed by atoms with Gasteiger partial charge >= 0.3 is 5.97 Å². The van der Waals surface area contributed by atoms with E-state index in [0.29, 0.717) is 18.3 Å². The van der Waals surface area contributed by atoms with E-state index in [1.54, 1.807) is 0 Å². The highest BCUT2D eigenvalue weighted by molar-refractivity contribution is 5.69. The van der Waals surface area contributed by atoms with E-state index < -0.39 is 0 Å². The van der Waals surface area contributed by atoms with Crippen molar-refractivity contribution < 1.29 is 9.53 Å². The molecule has 2 aliphatic rings. The Morgan fingerprint density at radius 1 is 1.00 bits per heavy atom. The molecule has 0 bridgehead atoms. The number of carbonyl (C=O) groups excluding carboxylic acids is 1. The molecule has 2 aliphatic carbocycles. The lowest BCUT2D eigenvalue weighted by Gasteiger charge is -2.38. The number of ether oxygens (including phenoxy) is 1. The Hall–Kier alpha value is -0.530. The third-order valence-electron chi connectivity index (χ3n) is 4.87. The number of hydrogen-bond donors (Lipinski definition) is 0. The maximum absolute atomic E-state index is 11.9. The van der Waals surface area contributed by atoms with Crippen molar-refractivity contribution in [2.24, 2.45) is 17.8 Å². The zero-order chi connectivity index (χ0) is 13.7. The molecule has 2 nitrogen and oxygen atoms in total. The molecular weight excluding hydrogens is 236 g/mol. The average Bonchev–Trinajstić information content (AvgIpc) is 2.39. The minimum atomic E-state index is 0.0303. The highest BCUT2D eigenvalue weighted by Crippen LogP contribution is 2.39. The fourth-order valence-corrected chi connectivity index (χ4v) is 3.92. The molecule has 2 atom stereocenters. The summed E-state index contributed by atoms with van der Waals surface area (Å²) in [6, 6.07) is 0. The van der Waals surface area contributed by atoms with Crippen molar-refractivity contribution in [3.8, 4) is 0 Å². The maximum atomic E-state index is 11.9. The summed E-state index contributed by atoms with van der Waals surface area (Å²) in [4.78, 5) is 11.9. The van der Waals surface area contributed by atoms with E-state index in [9.17, 15) is 4.79 Å². The van der Waals surface area contributed by atoms with Crippen molar-refractivity contribution in [3.63, 3.8) is 0 Å². The first kappa shape index (κ1) is 14.9. The van der Waals surface area contributed by atoms with Crippen LogP contribution in [-0.4, -0.2) is 12.1 Å². The average molecular weight is 266 g/mol. The van der Waals surface area contributed by atoms with Crippen LogP contribution in [0.3, 0.4) is 0 Å². The van der Waals surface area contributed by atoms with E-state index in [1.165, 1.54) is 51.4 Å². The highest BCUT2D eigenvalue weighted by Gasteiger charge is 2.34. The molecule has 0 aromatic rings. The van der Waals surface area contributed by atoms with E-state index in [-0.39, 0.29) is 12.1 Å². The van der Waals surface area contributed by atoms with E-state index in [1.807, 2.05) is 0 Å². The monoisotopic (exact) mass is 266 g/mol. The van der Waals surface area contributed by atoms with E-state index >= 15 is 0 Å². The third-order valence-corrected chi connectivity index (χ3v) is 4.87. The molecule has 0 aromatic carbocycles. The Morgan fingerprint density at radius 3 is 2.32 bits per heavy atom. The molecular formula is C17H30O2. The van der Waals surface area contributed by atoms with E-state index in [0.717, 1.165) is 12.3 Å². The van der Waals surface area contributed by atoms with Gasteiger partial charge in [0.25, 0.3) is 0 Å². The Balaban J connectivity index is 1.89. The molecule has 0 N–H and O–H groups in total. The molecule has 0 spiro atoms. The van der Waals surface area contributed by atoms with Crippen LogP contribution < -0.4 is 0 Å². The van der Waals surface area contributed by atoms with Crippen molar-refractivity contribution in [1.82, 2.24) is 0 Å². The summed E-state index contributed by atoms with van der Waals surface area (Å²) in [6.07, 6.45) is 12.7. The van der Waals surface area contributed by atoms with E-state index in [4.69, 9.17) is 4.74 Å². The van der Waals surface area contributed by atoms with Crippen LogP contribution in [0.4, 0.5) is 0 Å². The van der Waals surface area contributed by atoms with Gasteiger partial charge in [0.15, 0.2) is 0 Å². The summed E-state index contributed by atoms with van der Waals surface area (Å²) in [7, 11) is 0. The van der Waals surface area contributed by atoms with Gasteiger partial charge in [0.2, 0.25) is 0 Å². The molecule has 0 saturated heterocycles. The van der Waals surface area contributed by atoms with Crippen molar-refractivity contribution in [2.45, 2.75) is 84.2 Å². The Bertz CT molecular complexity index is 279. The Kier molecular flexibility index (Phi) is 5.72. The zero-order valence-corrected chi connectivity index (χ0v) is 12.7. The molecule has 2 fully saturated rings. The normalized spacial score (nSPS) is 29.4. The van der Waals surface area contributed by atoms with Crippen LogP contribution in [0.25, 0.3) is 0 Å². The molecule has 2 saturated carbocycles. The van der Waals surface area contributed by atoms with Crippen molar-refractivity contribution >= 4 is 5.97 Å². The summed E-state index contributed by atoms with van der Waals surface area (Å²) >= 11 is 0. The van der Waals surface area contributed by atoms with Crippen molar-refractivity contribution in [3.05, 3.63) is 0 Å². The SMILES string of the molecule is CC(C)CC(=O)O[C@@H]1CCCC[C@@H]1C1CCCCC1. The molecule has 19 heavy (non-hydrogen) atoms. The lowest BCUT2D eigenvalue weighted by Crippen LogP contribution is -2.36. The van der Waals surface area contributed by atoms with Crippen molar-refractivity contribution in [2.75, 3.05) is 0 Å². The summed E-state index contributed by atoms with van der Waals surface area (Å²) in [5, 5.41) is 0. The van der Waals surface area contributed by atoms with Crippen LogP contribution in [0.5, 0.6) is 0 Å². The quantitative estimate of drug-likeness (QED) is 0.688. The summed E-state index contributed by atoms with van der Waals surface area (Å²) in [5.41, 5.74) is 0. The second-order valence-electron chi connectivity index (χ2n) is 6.97. The van der Waals surface area contributed by atoms with Gasteiger partial charge in [-0.05, 0) is 37.0 Å². The van der Waals surface area contributed by atoms with Crippen LogP contribution in [-0.2, 0) is 9.53 Å². The smallest absolute Gasteiger partial charge is 0.306 e. The number of rotatable bonds is 4. The van der Waals surface area contributed by atoms with Gasteiger partial charge in [0, 0.05) is 6.42 Å². The lowest BCUT2D eigenvalue weighted by atomic mass is 9.72. The van der Waals surface area contributed by atoms with Gasteiger partial charge in [-0.1, -0.05) is 52.4 Å². The topological polar surface area (TPSA) is 26.3 Å². The summed E-state index contributed by atoms with van der Waals surface area (Å²) in [6.45, 7) is 4.17. The third kappa shape index (κ3) is 4.50. The van der Waals surface area contributed by atoms with Gasteiger partial charge in [-0.3, -0.25) is 4.79 Å². The van der Waals surface area contributed by atoms with Crippen LogP contribution in [0, 0.1) is 17.8 Å². The second-order valence-corrected chi connectivity index (χ2v) is 6.97. The van der Waals surface area contributed by atoms with Gasteiger partial charge in [-0.15, -0.1) is 0 Å². The first-order chi connectivity index (χ1) is 9.16. The predicted octanol–water partition coefficient (Wildman–Crippen LogP) is 4.71. The fourth-order valence-electron chi connectivity index (χ4n) is 3.92. The first-order valence-corrected chi connectivity index (χ1v) is 8.36. The van der Waals surface area contributed by atoms with Gasteiger partial charge in [-0.2, -0.15) is 0 Å². The molecule has 0 aromatic heterocycles. The summed E-state index contributed by atoms with van der Waals surface area (Å²) < 4.78 is 5.83. The zero-order valence-electron chi connectivity index (χ0n) is 12.7. The van der Waals surface area contributed by atoms with Gasteiger partial charge < -0.3 is 4.74 Å².